The third kappa shape index (κ3) is 8.42. The Balaban J connectivity index is 2.37. The van der Waals surface area contributed by atoms with E-state index in [4.69, 9.17) is 0 Å². The highest BCUT2D eigenvalue weighted by molar-refractivity contribution is 5.75. The van der Waals surface area contributed by atoms with Crippen LogP contribution in [-0.2, 0) is 6.42 Å². The van der Waals surface area contributed by atoms with E-state index in [2.05, 4.69) is 36.2 Å². The molecule has 1 rings (SSSR count). The number of allylic oxidation sites excluding steroid dienone is 1. The van der Waals surface area contributed by atoms with E-state index in [9.17, 15) is 4.39 Å². The number of aliphatic imine (C=N–C) groups is 1. The fourth-order valence-electron chi connectivity index (χ4n) is 2.91. The summed E-state index contributed by atoms with van der Waals surface area (Å²) in [6.07, 6.45) is 13.3. The van der Waals surface area contributed by atoms with Crippen molar-refractivity contribution in [2.45, 2.75) is 78.6 Å². The summed E-state index contributed by atoms with van der Waals surface area (Å²) in [5.74, 6) is 0. The van der Waals surface area contributed by atoms with Crippen molar-refractivity contribution in [1.82, 2.24) is 0 Å². The number of rotatable bonds is 12. The van der Waals surface area contributed by atoms with Gasteiger partial charge in [-0.1, -0.05) is 81.7 Å². The molecule has 0 bridgehead atoms. The summed E-state index contributed by atoms with van der Waals surface area (Å²) in [6.45, 7) is 5.77. The van der Waals surface area contributed by atoms with Crippen molar-refractivity contribution in [3.63, 3.8) is 0 Å². The third-order valence-electron chi connectivity index (χ3n) is 4.31. The SMILES string of the molecule is CCCCCCCCCCc1ccc(C(/N=C/CF)=C(C)C)cc1. The molecule has 0 saturated heterocycles. The normalized spacial score (nSPS) is 11.2. The Morgan fingerprint density at radius 2 is 1.50 bits per heavy atom. The lowest BCUT2D eigenvalue weighted by Gasteiger charge is -2.07. The standard InChI is InChI=1S/C22H34FN/c1-4-5-6-7-8-9-10-11-12-20-13-15-21(16-14-20)22(19(2)3)24-18-17-23/h13-16,18H,4-12,17H2,1-3H3/b24-18+. The predicted octanol–water partition coefficient (Wildman–Crippen LogP) is 7.16. The minimum absolute atomic E-state index is 0.521. The third-order valence-corrected chi connectivity index (χ3v) is 4.31. The number of unbranched alkanes of at least 4 members (excludes halogenated alkanes) is 7. The van der Waals surface area contributed by atoms with Crippen molar-refractivity contribution in [1.29, 1.82) is 0 Å². The van der Waals surface area contributed by atoms with Crippen molar-refractivity contribution >= 4 is 11.9 Å². The van der Waals surface area contributed by atoms with Gasteiger partial charge in [-0.25, -0.2) is 4.39 Å². The molecule has 0 unspecified atom stereocenters. The zero-order valence-corrected chi connectivity index (χ0v) is 15.8. The molecule has 1 nitrogen and oxygen atoms in total. The van der Waals surface area contributed by atoms with E-state index >= 15 is 0 Å². The number of nitrogens with zero attached hydrogens (tertiary/aromatic N) is 1. The molecular formula is C22H34FN. The average molecular weight is 332 g/mol. The molecule has 2 heteroatoms. The smallest absolute Gasteiger partial charge is 0.125 e. The van der Waals surface area contributed by atoms with Crippen molar-refractivity contribution in [3.8, 4) is 0 Å². The van der Waals surface area contributed by atoms with Crippen LogP contribution in [0.5, 0.6) is 0 Å². The Morgan fingerprint density at radius 3 is 2.04 bits per heavy atom. The summed E-state index contributed by atoms with van der Waals surface area (Å²) >= 11 is 0. The van der Waals surface area contributed by atoms with Gasteiger partial charge in [-0.05, 0) is 32.3 Å². The molecule has 0 spiro atoms. The fraction of sp³-hybridized carbons (Fsp3) is 0.591. The molecule has 0 atom stereocenters. The Bertz CT molecular complexity index is 495. The first-order chi connectivity index (χ1) is 11.7. The van der Waals surface area contributed by atoms with Gasteiger partial charge in [-0.3, -0.25) is 4.99 Å². The van der Waals surface area contributed by atoms with Gasteiger partial charge in [0, 0.05) is 11.8 Å². The number of hydrogen-bond donors (Lipinski definition) is 0. The van der Waals surface area contributed by atoms with Crippen molar-refractivity contribution in [2.24, 2.45) is 4.99 Å². The minimum Gasteiger partial charge on any atom is -0.258 e. The van der Waals surface area contributed by atoms with E-state index < -0.39 is 6.67 Å². The molecule has 1 aromatic rings. The molecule has 0 aromatic heterocycles. The van der Waals surface area contributed by atoms with E-state index in [0.717, 1.165) is 23.3 Å². The van der Waals surface area contributed by atoms with Gasteiger partial charge in [0.25, 0.3) is 0 Å². The minimum atomic E-state index is -0.521. The summed E-state index contributed by atoms with van der Waals surface area (Å²) in [5.41, 5.74) is 4.44. The van der Waals surface area contributed by atoms with Crippen LogP contribution in [0.4, 0.5) is 4.39 Å². The Hall–Kier alpha value is -1.44. The molecule has 0 radical (unpaired) electrons. The highest BCUT2D eigenvalue weighted by atomic mass is 19.1. The largest absolute Gasteiger partial charge is 0.258 e. The average Bonchev–Trinajstić information content (AvgIpc) is 2.58. The van der Waals surface area contributed by atoms with E-state index in [1.807, 2.05) is 13.8 Å². The van der Waals surface area contributed by atoms with Gasteiger partial charge in [-0.15, -0.1) is 0 Å². The van der Waals surface area contributed by atoms with Crippen LogP contribution in [0.3, 0.4) is 0 Å². The molecule has 0 aliphatic rings. The molecule has 0 aliphatic carbocycles. The highest BCUT2D eigenvalue weighted by Crippen LogP contribution is 2.21. The maximum Gasteiger partial charge on any atom is 0.125 e. The summed E-state index contributed by atoms with van der Waals surface area (Å²) in [6, 6.07) is 8.59. The molecule has 0 N–H and O–H groups in total. The van der Waals surface area contributed by atoms with Crippen LogP contribution >= 0.6 is 0 Å². The molecule has 24 heavy (non-hydrogen) atoms. The summed E-state index contributed by atoms with van der Waals surface area (Å²) in [4.78, 5) is 4.24. The maximum atomic E-state index is 12.3. The quantitative estimate of drug-likeness (QED) is 0.284. The molecule has 134 valence electrons. The monoisotopic (exact) mass is 331 g/mol. The lowest BCUT2D eigenvalue weighted by atomic mass is 10.0. The summed E-state index contributed by atoms with van der Waals surface area (Å²) < 4.78 is 12.3. The van der Waals surface area contributed by atoms with Crippen molar-refractivity contribution in [3.05, 3.63) is 41.0 Å². The number of alkyl halides is 1. The molecular weight excluding hydrogens is 297 g/mol. The zero-order chi connectivity index (χ0) is 17.6. The first kappa shape index (κ1) is 20.6. The zero-order valence-electron chi connectivity index (χ0n) is 15.8. The molecule has 0 saturated carbocycles. The van der Waals surface area contributed by atoms with E-state index in [-0.39, 0.29) is 0 Å². The van der Waals surface area contributed by atoms with Gasteiger partial charge in [0.1, 0.15) is 6.67 Å². The Morgan fingerprint density at radius 1 is 0.917 bits per heavy atom. The lowest BCUT2D eigenvalue weighted by molar-refractivity contribution is 0.575. The second-order valence-electron chi connectivity index (χ2n) is 6.74. The van der Waals surface area contributed by atoms with Gasteiger partial charge < -0.3 is 0 Å². The number of hydrogen-bond acceptors (Lipinski definition) is 1. The Kier molecular flexibility index (Phi) is 11.1. The van der Waals surface area contributed by atoms with E-state index in [1.54, 1.807) is 0 Å². The van der Waals surface area contributed by atoms with Crippen molar-refractivity contribution < 1.29 is 4.39 Å². The van der Waals surface area contributed by atoms with Gasteiger partial charge in [0.15, 0.2) is 0 Å². The van der Waals surface area contributed by atoms with Crippen LogP contribution in [0.1, 0.15) is 83.3 Å². The summed E-state index contributed by atoms with van der Waals surface area (Å²) in [7, 11) is 0. The van der Waals surface area contributed by atoms with Crippen LogP contribution in [0.25, 0.3) is 5.70 Å². The van der Waals surface area contributed by atoms with Gasteiger partial charge in [-0.2, -0.15) is 0 Å². The van der Waals surface area contributed by atoms with Gasteiger partial charge in [0.05, 0.1) is 5.70 Å². The second kappa shape index (κ2) is 12.9. The van der Waals surface area contributed by atoms with E-state index in [0.29, 0.717) is 0 Å². The van der Waals surface area contributed by atoms with Crippen molar-refractivity contribution in [2.75, 3.05) is 6.67 Å². The first-order valence-corrected chi connectivity index (χ1v) is 9.54. The van der Waals surface area contributed by atoms with Crippen LogP contribution in [0.15, 0.2) is 34.8 Å². The molecule has 1 aromatic carbocycles. The number of benzene rings is 1. The summed E-state index contributed by atoms with van der Waals surface area (Å²) in [5, 5.41) is 0. The topological polar surface area (TPSA) is 12.4 Å². The molecule has 0 amide bonds. The van der Waals surface area contributed by atoms with Crippen LogP contribution < -0.4 is 0 Å². The van der Waals surface area contributed by atoms with Gasteiger partial charge in [0.2, 0.25) is 0 Å². The predicted molar refractivity (Wildman–Crippen MR) is 105 cm³/mol. The fourth-order valence-corrected chi connectivity index (χ4v) is 2.91. The van der Waals surface area contributed by atoms with Gasteiger partial charge >= 0.3 is 0 Å². The maximum absolute atomic E-state index is 12.3. The molecule has 0 aliphatic heterocycles. The number of halogens is 1. The second-order valence-corrected chi connectivity index (χ2v) is 6.74. The molecule has 0 heterocycles. The first-order valence-electron chi connectivity index (χ1n) is 9.54. The highest BCUT2D eigenvalue weighted by Gasteiger charge is 2.02. The molecule has 0 fully saturated rings. The van der Waals surface area contributed by atoms with E-state index in [1.165, 1.54) is 63.1 Å². The van der Waals surface area contributed by atoms with Crippen LogP contribution in [0.2, 0.25) is 0 Å². The number of aryl methyl sites for hydroxylation is 1. The lowest BCUT2D eigenvalue weighted by Crippen LogP contribution is -1.90. The van der Waals surface area contributed by atoms with Crippen LogP contribution in [-0.4, -0.2) is 12.9 Å². The van der Waals surface area contributed by atoms with Crippen LogP contribution in [0, 0.1) is 0 Å². The Labute approximate surface area is 148 Å².